The van der Waals surface area contributed by atoms with Crippen LogP contribution in [0.4, 0.5) is 0 Å². The van der Waals surface area contributed by atoms with Gasteiger partial charge in [0.25, 0.3) is 0 Å². The second-order valence-corrected chi connectivity index (χ2v) is 7.54. The molecular weight excluding hydrogens is 334 g/mol. The Morgan fingerprint density at radius 3 is 2.83 bits per heavy atom. The Morgan fingerprint density at radius 2 is 2.26 bits per heavy atom. The van der Waals surface area contributed by atoms with E-state index in [9.17, 15) is 9.90 Å². The fourth-order valence-electron chi connectivity index (χ4n) is 2.77. The Balaban J connectivity index is 2.79. The first-order valence-electron chi connectivity index (χ1n) is 8.04. The second-order valence-electron chi connectivity index (χ2n) is 5.57. The van der Waals surface area contributed by atoms with Gasteiger partial charge in [0.05, 0.1) is 11.3 Å². The summed E-state index contributed by atoms with van der Waals surface area (Å²) in [7, 11) is 0. The number of rotatable bonds is 9. The maximum absolute atomic E-state index is 12.4. The molecule has 0 saturated heterocycles. The average molecular weight is 360 g/mol. The predicted octanol–water partition coefficient (Wildman–Crippen LogP) is 4.84. The molecular formula is C17H26ClNO3S. The van der Waals surface area contributed by atoms with Gasteiger partial charge >= 0.3 is 0 Å². The van der Waals surface area contributed by atoms with Crippen molar-refractivity contribution < 1.29 is 14.7 Å². The monoisotopic (exact) mass is 359 g/mol. The number of ketones is 1. The molecule has 130 valence electrons. The molecule has 0 fully saturated rings. The molecule has 4 nitrogen and oxygen atoms in total. The van der Waals surface area contributed by atoms with E-state index in [1.54, 1.807) is 6.08 Å². The lowest BCUT2D eigenvalue weighted by molar-refractivity contribution is -0.116. The number of thioether (sulfide) groups is 1. The summed E-state index contributed by atoms with van der Waals surface area (Å²) in [4.78, 5) is 17.6. The van der Waals surface area contributed by atoms with Gasteiger partial charge in [0.1, 0.15) is 12.4 Å². The van der Waals surface area contributed by atoms with Crippen LogP contribution in [0.25, 0.3) is 0 Å². The van der Waals surface area contributed by atoms with Crippen LogP contribution in [0.3, 0.4) is 0 Å². The molecule has 1 aliphatic carbocycles. The van der Waals surface area contributed by atoms with Crippen molar-refractivity contribution in [1.29, 1.82) is 0 Å². The van der Waals surface area contributed by atoms with Crippen LogP contribution in [0.2, 0.25) is 0 Å². The summed E-state index contributed by atoms with van der Waals surface area (Å²) in [6, 6.07) is 0. The van der Waals surface area contributed by atoms with Crippen LogP contribution in [-0.2, 0) is 9.63 Å². The number of oxime groups is 1. The van der Waals surface area contributed by atoms with Crippen molar-refractivity contribution in [2.75, 3.05) is 12.4 Å². The number of aliphatic hydroxyl groups is 1. The SMILES string of the molecule is CCSC(C)C[C@H]1CC(=O)C(/C(CC)=N/OC/C=C/Cl)=C(O)C1. The maximum atomic E-state index is 12.4. The Bertz CT molecular complexity index is 488. The molecule has 1 N–H and O–H groups in total. The van der Waals surface area contributed by atoms with Gasteiger partial charge in [-0.25, -0.2) is 0 Å². The quantitative estimate of drug-likeness (QED) is 0.363. The molecule has 0 aliphatic heterocycles. The van der Waals surface area contributed by atoms with Crippen molar-refractivity contribution in [2.45, 2.75) is 51.7 Å². The zero-order valence-corrected chi connectivity index (χ0v) is 15.6. The number of halogens is 1. The van der Waals surface area contributed by atoms with Crippen LogP contribution in [0.5, 0.6) is 0 Å². The molecule has 0 amide bonds. The van der Waals surface area contributed by atoms with E-state index >= 15 is 0 Å². The summed E-state index contributed by atoms with van der Waals surface area (Å²) in [6.07, 6.45) is 4.09. The topological polar surface area (TPSA) is 58.9 Å². The zero-order valence-electron chi connectivity index (χ0n) is 14.0. The van der Waals surface area contributed by atoms with E-state index in [2.05, 4.69) is 19.0 Å². The smallest absolute Gasteiger partial charge is 0.168 e. The van der Waals surface area contributed by atoms with Crippen molar-refractivity contribution >= 4 is 34.9 Å². The molecule has 6 heteroatoms. The van der Waals surface area contributed by atoms with Gasteiger partial charge in [0.2, 0.25) is 0 Å². The third-order valence-corrected chi connectivity index (χ3v) is 4.97. The third-order valence-electron chi connectivity index (χ3n) is 3.70. The highest BCUT2D eigenvalue weighted by atomic mass is 35.5. The molecule has 0 radical (unpaired) electrons. The van der Waals surface area contributed by atoms with Gasteiger partial charge in [0, 0.05) is 23.6 Å². The normalized spacial score (nSPS) is 21.1. The number of allylic oxidation sites excluding steroid dienone is 2. The maximum Gasteiger partial charge on any atom is 0.168 e. The van der Waals surface area contributed by atoms with Gasteiger partial charge < -0.3 is 9.94 Å². The summed E-state index contributed by atoms with van der Waals surface area (Å²) in [5.41, 5.74) is 2.20. The fourth-order valence-corrected chi connectivity index (χ4v) is 3.82. The van der Waals surface area contributed by atoms with Gasteiger partial charge in [-0.15, -0.1) is 0 Å². The zero-order chi connectivity index (χ0) is 17.2. The molecule has 2 atom stereocenters. The van der Waals surface area contributed by atoms with Crippen molar-refractivity contribution in [1.82, 2.24) is 0 Å². The number of hydrogen-bond donors (Lipinski definition) is 1. The molecule has 0 aromatic heterocycles. The first-order chi connectivity index (χ1) is 11.0. The van der Waals surface area contributed by atoms with Gasteiger partial charge in [-0.1, -0.05) is 37.5 Å². The highest BCUT2D eigenvalue weighted by molar-refractivity contribution is 7.99. The highest BCUT2D eigenvalue weighted by Gasteiger charge is 2.31. The van der Waals surface area contributed by atoms with E-state index in [0.717, 1.165) is 12.2 Å². The van der Waals surface area contributed by atoms with Crippen molar-refractivity contribution in [3.05, 3.63) is 22.9 Å². The van der Waals surface area contributed by atoms with Crippen LogP contribution < -0.4 is 0 Å². The highest BCUT2D eigenvalue weighted by Crippen LogP contribution is 2.32. The first kappa shape index (κ1) is 20.1. The lowest BCUT2D eigenvalue weighted by Gasteiger charge is -2.25. The minimum absolute atomic E-state index is 0.0375. The van der Waals surface area contributed by atoms with Crippen LogP contribution in [0.15, 0.2) is 28.1 Å². The number of Topliss-reactive ketones (excluding diaryl/α,β-unsaturated/α-hetero) is 1. The van der Waals surface area contributed by atoms with E-state index in [-0.39, 0.29) is 24.1 Å². The number of hydrogen-bond acceptors (Lipinski definition) is 5. The number of nitrogens with zero attached hydrogens (tertiary/aromatic N) is 1. The summed E-state index contributed by atoms with van der Waals surface area (Å²) in [5.74, 6) is 1.38. The summed E-state index contributed by atoms with van der Waals surface area (Å²) >= 11 is 7.30. The van der Waals surface area contributed by atoms with Gasteiger partial charge in [0.15, 0.2) is 5.78 Å². The van der Waals surface area contributed by atoms with E-state index in [4.69, 9.17) is 16.4 Å². The second kappa shape index (κ2) is 10.8. The molecule has 0 aromatic rings. The molecule has 0 saturated carbocycles. The average Bonchev–Trinajstić information content (AvgIpc) is 2.49. The van der Waals surface area contributed by atoms with Crippen LogP contribution >= 0.6 is 23.4 Å². The van der Waals surface area contributed by atoms with Crippen LogP contribution in [0.1, 0.15) is 46.5 Å². The van der Waals surface area contributed by atoms with Crippen LogP contribution in [-0.4, -0.2) is 34.2 Å². The molecule has 1 rings (SSSR count). The Hall–Kier alpha value is -0.940. The van der Waals surface area contributed by atoms with Gasteiger partial charge in [-0.05, 0) is 30.6 Å². The minimum Gasteiger partial charge on any atom is -0.511 e. The summed E-state index contributed by atoms with van der Waals surface area (Å²) in [5, 5.41) is 14.8. The van der Waals surface area contributed by atoms with Crippen molar-refractivity contribution in [3.8, 4) is 0 Å². The summed E-state index contributed by atoms with van der Waals surface area (Å²) < 4.78 is 0. The minimum atomic E-state index is -0.0375. The molecule has 0 aromatic carbocycles. The first-order valence-corrected chi connectivity index (χ1v) is 9.53. The Kier molecular flexibility index (Phi) is 9.41. The van der Waals surface area contributed by atoms with Crippen molar-refractivity contribution in [3.63, 3.8) is 0 Å². The molecule has 23 heavy (non-hydrogen) atoms. The lowest BCUT2D eigenvalue weighted by Crippen LogP contribution is -2.26. The standard InChI is InChI=1S/C17H26ClNO3S/c1-4-14(19-22-8-6-7-18)17-15(20)10-13(11-16(17)21)9-12(3)23-5-2/h6-7,12-13,20H,4-5,8-11H2,1-3H3/b7-6+,19-14+/t12?,13-/m1/s1. The van der Waals surface area contributed by atoms with E-state index < -0.39 is 0 Å². The van der Waals surface area contributed by atoms with Gasteiger partial charge in [-0.3, -0.25) is 4.79 Å². The molecule has 0 bridgehead atoms. The summed E-state index contributed by atoms with van der Waals surface area (Å²) in [6.45, 7) is 6.43. The number of aliphatic hydroxyl groups excluding tert-OH is 1. The van der Waals surface area contributed by atoms with Crippen molar-refractivity contribution in [2.24, 2.45) is 11.1 Å². The largest absolute Gasteiger partial charge is 0.511 e. The molecule has 0 heterocycles. The molecule has 1 aliphatic rings. The molecule has 1 unspecified atom stereocenters. The molecule has 0 spiro atoms. The van der Waals surface area contributed by atoms with Gasteiger partial charge in [-0.2, -0.15) is 11.8 Å². The van der Waals surface area contributed by atoms with E-state index in [1.807, 2.05) is 18.7 Å². The Labute approximate surface area is 148 Å². The van der Waals surface area contributed by atoms with E-state index in [0.29, 0.717) is 35.8 Å². The fraction of sp³-hybridized carbons (Fsp3) is 0.647. The van der Waals surface area contributed by atoms with E-state index in [1.165, 1.54) is 5.54 Å². The Morgan fingerprint density at radius 1 is 1.52 bits per heavy atom. The predicted molar refractivity (Wildman–Crippen MR) is 98.3 cm³/mol. The van der Waals surface area contributed by atoms with Crippen LogP contribution in [0, 0.1) is 5.92 Å². The third kappa shape index (κ3) is 6.60. The lowest BCUT2D eigenvalue weighted by atomic mass is 9.82. The number of carbonyl (C=O) groups excluding carboxylic acids is 1. The number of carbonyl (C=O) groups is 1.